The van der Waals surface area contributed by atoms with Crippen molar-refractivity contribution in [1.29, 1.82) is 0 Å². The lowest BCUT2D eigenvalue weighted by atomic mass is 10.0. The number of pyridine rings is 1. The number of imidazole rings is 1. The third kappa shape index (κ3) is 2.27. The van der Waals surface area contributed by atoms with Crippen LogP contribution in [-0.4, -0.2) is 28.6 Å². The van der Waals surface area contributed by atoms with Gasteiger partial charge in [-0.3, -0.25) is 0 Å². The first kappa shape index (κ1) is 13.6. The molecule has 0 aliphatic rings. The lowest BCUT2D eigenvalue weighted by Crippen LogP contribution is -2.10. The standard InChI is InChI=1S/C17H20N4/c1-11-8-15(17-18-6-7-21(17)5)19-14-9-12(2)16(20(3)4)10-13(11)14/h6-10H,1-5H3. The first-order valence-corrected chi connectivity index (χ1v) is 7.04. The average Bonchev–Trinajstić information content (AvgIpc) is 2.83. The summed E-state index contributed by atoms with van der Waals surface area (Å²) in [6.07, 6.45) is 3.74. The Hall–Kier alpha value is -2.36. The maximum Gasteiger partial charge on any atom is 0.158 e. The number of aryl methyl sites for hydroxylation is 3. The van der Waals surface area contributed by atoms with Crippen molar-refractivity contribution in [2.24, 2.45) is 7.05 Å². The highest BCUT2D eigenvalue weighted by atomic mass is 15.1. The van der Waals surface area contributed by atoms with Crippen LogP contribution in [0.15, 0.2) is 30.6 Å². The Labute approximate surface area is 125 Å². The predicted molar refractivity (Wildman–Crippen MR) is 87.7 cm³/mol. The van der Waals surface area contributed by atoms with E-state index in [1.165, 1.54) is 22.2 Å². The summed E-state index contributed by atoms with van der Waals surface area (Å²) >= 11 is 0. The smallest absolute Gasteiger partial charge is 0.158 e. The Balaban J connectivity index is 2.26. The minimum Gasteiger partial charge on any atom is -0.377 e. The van der Waals surface area contributed by atoms with Crippen molar-refractivity contribution in [2.45, 2.75) is 13.8 Å². The Morgan fingerprint density at radius 1 is 1.05 bits per heavy atom. The first-order valence-electron chi connectivity index (χ1n) is 7.04. The van der Waals surface area contributed by atoms with Crippen LogP contribution in [0, 0.1) is 13.8 Å². The van der Waals surface area contributed by atoms with Crippen LogP contribution in [0.25, 0.3) is 22.4 Å². The summed E-state index contributed by atoms with van der Waals surface area (Å²) in [5, 5.41) is 1.20. The van der Waals surface area contributed by atoms with E-state index in [2.05, 4.69) is 56.0 Å². The van der Waals surface area contributed by atoms with Crippen molar-refractivity contribution in [2.75, 3.05) is 19.0 Å². The number of benzene rings is 1. The Bertz CT molecular complexity index is 815. The molecule has 3 rings (SSSR count). The Kier molecular flexibility index (Phi) is 3.16. The molecule has 108 valence electrons. The van der Waals surface area contributed by atoms with Crippen molar-refractivity contribution >= 4 is 16.6 Å². The van der Waals surface area contributed by atoms with E-state index in [4.69, 9.17) is 4.98 Å². The van der Waals surface area contributed by atoms with Gasteiger partial charge in [-0.1, -0.05) is 0 Å². The molecule has 21 heavy (non-hydrogen) atoms. The van der Waals surface area contributed by atoms with Crippen molar-refractivity contribution in [3.8, 4) is 11.5 Å². The highest BCUT2D eigenvalue weighted by Gasteiger charge is 2.11. The number of fused-ring (bicyclic) bond motifs is 1. The second kappa shape index (κ2) is 4.88. The zero-order valence-electron chi connectivity index (χ0n) is 13.2. The van der Waals surface area contributed by atoms with Gasteiger partial charge in [0.1, 0.15) is 5.69 Å². The number of anilines is 1. The van der Waals surface area contributed by atoms with Gasteiger partial charge < -0.3 is 9.47 Å². The third-order valence-corrected chi connectivity index (χ3v) is 3.87. The lowest BCUT2D eigenvalue weighted by Gasteiger charge is -2.17. The second-order valence-electron chi connectivity index (χ2n) is 5.74. The minimum atomic E-state index is 0.898. The molecule has 2 heterocycles. The van der Waals surface area contributed by atoms with E-state index in [1.807, 2.05) is 17.8 Å². The Morgan fingerprint density at radius 3 is 2.43 bits per heavy atom. The molecule has 1 aromatic carbocycles. The molecular formula is C17H20N4. The van der Waals surface area contributed by atoms with Crippen molar-refractivity contribution in [1.82, 2.24) is 14.5 Å². The number of hydrogen-bond acceptors (Lipinski definition) is 3. The summed E-state index contributed by atoms with van der Waals surface area (Å²) in [5.41, 5.74) is 5.63. The molecule has 0 aliphatic heterocycles. The monoisotopic (exact) mass is 280 g/mol. The van der Waals surface area contributed by atoms with E-state index >= 15 is 0 Å². The molecule has 0 unspecified atom stereocenters. The Morgan fingerprint density at radius 2 is 1.81 bits per heavy atom. The maximum atomic E-state index is 4.80. The summed E-state index contributed by atoms with van der Waals surface area (Å²) in [7, 11) is 6.13. The van der Waals surface area contributed by atoms with Crippen LogP contribution in [0.1, 0.15) is 11.1 Å². The SMILES string of the molecule is Cc1cc2nc(-c3nccn3C)cc(C)c2cc1N(C)C. The molecule has 4 nitrogen and oxygen atoms in total. The van der Waals surface area contributed by atoms with E-state index < -0.39 is 0 Å². The van der Waals surface area contributed by atoms with Crippen LogP contribution in [0.5, 0.6) is 0 Å². The van der Waals surface area contributed by atoms with Crippen LogP contribution in [0.2, 0.25) is 0 Å². The van der Waals surface area contributed by atoms with Gasteiger partial charge in [0.2, 0.25) is 0 Å². The topological polar surface area (TPSA) is 34.0 Å². The van der Waals surface area contributed by atoms with Gasteiger partial charge in [0.05, 0.1) is 5.52 Å². The fourth-order valence-corrected chi connectivity index (χ4v) is 2.74. The molecule has 0 saturated heterocycles. The average molecular weight is 280 g/mol. The zero-order valence-corrected chi connectivity index (χ0v) is 13.2. The summed E-state index contributed by atoms with van der Waals surface area (Å²) in [5.74, 6) is 0.898. The van der Waals surface area contributed by atoms with Gasteiger partial charge in [0.15, 0.2) is 5.82 Å². The van der Waals surface area contributed by atoms with Gasteiger partial charge in [0, 0.05) is 44.6 Å². The number of hydrogen-bond donors (Lipinski definition) is 0. The van der Waals surface area contributed by atoms with E-state index in [1.54, 1.807) is 6.20 Å². The van der Waals surface area contributed by atoms with Crippen LogP contribution in [0.4, 0.5) is 5.69 Å². The number of nitrogens with zero attached hydrogens (tertiary/aromatic N) is 4. The highest BCUT2D eigenvalue weighted by Crippen LogP contribution is 2.29. The molecule has 3 aromatic rings. The molecular weight excluding hydrogens is 260 g/mol. The molecule has 0 saturated carbocycles. The second-order valence-corrected chi connectivity index (χ2v) is 5.74. The van der Waals surface area contributed by atoms with Gasteiger partial charge in [-0.05, 0) is 43.2 Å². The normalized spacial score (nSPS) is 11.1. The summed E-state index contributed by atoms with van der Waals surface area (Å²) in [6.45, 7) is 4.25. The predicted octanol–water partition coefficient (Wildman–Crippen LogP) is 3.32. The van der Waals surface area contributed by atoms with Gasteiger partial charge in [-0.15, -0.1) is 0 Å². The summed E-state index contributed by atoms with van der Waals surface area (Å²) in [6, 6.07) is 6.48. The van der Waals surface area contributed by atoms with E-state index in [-0.39, 0.29) is 0 Å². The zero-order chi connectivity index (χ0) is 15.1. The molecule has 0 N–H and O–H groups in total. The van der Waals surface area contributed by atoms with Crippen LogP contribution in [0.3, 0.4) is 0 Å². The fourth-order valence-electron chi connectivity index (χ4n) is 2.74. The quantitative estimate of drug-likeness (QED) is 0.722. The lowest BCUT2D eigenvalue weighted by molar-refractivity contribution is 0.919. The van der Waals surface area contributed by atoms with Crippen molar-refractivity contribution in [3.63, 3.8) is 0 Å². The largest absolute Gasteiger partial charge is 0.377 e. The van der Waals surface area contributed by atoms with Crippen molar-refractivity contribution in [3.05, 3.63) is 41.7 Å². The molecule has 0 radical (unpaired) electrons. The van der Waals surface area contributed by atoms with Crippen molar-refractivity contribution < 1.29 is 0 Å². The van der Waals surface area contributed by atoms with E-state index in [9.17, 15) is 0 Å². The molecule has 0 fully saturated rings. The molecule has 0 atom stereocenters. The molecule has 2 aromatic heterocycles. The maximum absolute atomic E-state index is 4.80. The van der Waals surface area contributed by atoms with Gasteiger partial charge in [0.25, 0.3) is 0 Å². The van der Waals surface area contributed by atoms with Crippen LogP contribution >= 0.6 is 0 Å². The molecule has 0 aliphatic carbocycles. The fraction of sp³-hybridized carbons (Fsp3) is 0.294. The number of rotatable bonds is 2. The van der Waals surface area contributed by atoms with Gasteiger partial charge in [-0.25, -0.2) is 9.97 Å². The molecule has 0 amide bonds. The summed E-state index contributed by atoms with van der Waals surface area (Å²) < 4.78 is 1.99. The first-order chi connectivity index (χ1) is 9.97. The van der Waals surface area contributed by atoms with Gasteiger partial charge >= 0.3 is 0 Å². The van der Waals surface area contributed by atoms with Crippen LogP contribution in [-0.2, 0) is 7.05 Å². The van der Waals surface area contributed by atoms with Gasteiger partial charge in [-0.2, -0.15) is 0 Å². The van der Waals surface area contributed by atoms with E-state index in [0.29, 0.717) is 0 Å². The molecule has 0 spiro atoms. The minimum absolute atomic E-state index is 0.898. The molecule has 0 bridgehead atoms. The van der Waals surface area contributed by atoms with Crippen LogP contribution < -0.4 is 4.90 Å². The summed E-state index contributed by atoms with van der Waals surface area (Å²) in [4.78, 5) is 11.3. The highest BCUT2D eigenvalue weighted by molar-refractivity contribution is 5.88. The third-order valence-electron chi connectivity index (χ3n) is 3.87. The van der Waals surface area contributed by atoms with E-state index in [0.717, 1.165) is 17.0 Å². The number of aromatic nitrogens is 3. The molecule has 4 heteroatoms.